The summed E-state index contributed by atoms with van der Waals surface area (Å²) in [5, 5.41) is 12.0. The van der Waals surface area contributed by atoms with Gasteiger partial charge in [-0.15, -0.1) is 0 Å². The summed E-state index contributed by atoms with van der Waals surface area (Å²) in [5.74, 6) is 0. The van der Waals surface area contributed by atoms with Crippen molar-refractivity contribution in [2.75, 3.05) is 13.2 Å². The van der Waals surface area contributed by atoms with Gasteiger partial charge < -0.3 is 10.1 Å². The first-order chi connectivity index (χ1) is 7.76. The molecule has 1 aromatic rings. The minimum absolute atomic E-state index is 0.343. The van der Waals surface area contributed by atoms with Crippen molar-refractivity contribution in [3.05, 3.63) is 35.4 Å². The van der Waals surface area contributed by atoms with Gasteiger partial charge in [0.2, 0.25) is 0 Å². The highest BCUT2D eigenvalue weighted by Crippen LogP contribution is 2.03. The van der Waals surface area contributed by atoms with Gasteiger partial charge in [-0.2, -0.15) is 5.26 Å². The van der Waals surface area contributed by atoms with Gasteiger partial charge >= 0.3 is 0 Å². The summed E-state index contributed by atoms with van der Waals surface area (Å²) in [6, 6.07) is 10.1. The average Bonchev–Trinajstić information content (AvgIpc) is 2.34. The van der Waals surface area contributed by atoms with E-state index in [2.05, 4.69) is 18.3 Å². The van der Waals surface area contributed by atoms with Gasteiger partial charge in [0, 0.05) is 19.2 Å². The molecule has 0 aliphatic rings. The molecule has 0 bridgehead atoms. The highest BCUT2D eigenvalue weighted by atomic mass is 16.5. The smallest absolute Gasteiger partial charge is 0.0991 e. The topological polar surface area (TPSA) is 45.0 Å². The van der Waals surface area contributed by atoms with E-state index in [1.54, 1.807) is 0 Å². The van der Waals surface area contributed by atoms with Gasteiger partial charge in [-0.3, -0.25) is 0 Å². The Morgan fingerprint density at radius 1 is 1.38 bits per heavy atom. The third-order valence-electron chi connectivity index (χ3n) is 2.31. The van der Waals surface area contributed by atoms with Crippen LogP contribution in [0.3, 0.4) is 0 Å². The molecular formula is C13H18N2O. The normalized spacial score (nSPS) is 12.1. The maximum absolute atomic E-state index is 8.66. The van der Waals surface area contributed by atoms with E-state index in [0.717, 1.165) is 19.8 Å². The predicted molar refractivity (Wildman–Crippen MR) is 64.0 cm³/mol. The molecular weight excluding hydrogens is 200 g/mol. The van der Waals surface area contributed by atoms with Crippen molar-refractivity contribution in [2.45, 2.75) is 26.4 Å². The second-order valence-electron chi connectivity index (χ2n) is 3.75. The minimum Gasteiger partial charge on any atom is -0.380 e. The lowest BCUT2D eigenvalue weighted by molar-refractivity contribution is 0.127. The Morgan fingerprint density at radius 3 is 2.62 bits per heavy atom. The van der Waals surface area contributed by atoms with Gasteiger partial charge in [0.1, 0.15) is 0 Å². The maximum atomic E-state index is 8.66. The van der Waals surface area contributed by atoms with Gasteiger partial charge in [0.15, 0.2) is 0 Å². The second kappa shape index (κ2) is 7.00. The van der Waals surface area contributed by atoms with Gasteiger partial charge in [0.05, 0.1) is 18.2 Å². The van der Waals surface area contributed by atoms with Crippen LogP contribution in [0.1, 0.15) is 25.0 Å². The monoisotopic (exact) mass is 218 g/mol. The number of benzene rings is 1. The third kappa shape index (κ3) is 4.43. The number of ether oxygens (including phenoxy) is 1. The maximum Gasteiger partial charge on any atom is 0.0991 e. The standard InChI is InChI=1S/C13H18N2O/c1-3-16-10-11(2)15-9-13-6-4-12(8-14)5-7-13/h4-7,11,15H,3,9-10H2,1-2H3. The average molecular weight is 218 g/mol. The first-order valence-corrected chi connectivity index (χ1v) is 5.56. The Morgan fingerprint density at radius 2 is 2.06 bits per heavy atom. The SMILES string of the molecule is CCOCC(C)NCc1ccc(C#N)cc1. The zero-order valence-electron chi connectivity index (χ0n) is 9.86. The van der Waals surface area contributed by atoms with E-state index in [9.17, 15) is 0 Å². The highest BCUT2D eigenvalue weighted by Gasteiger charge is 2.00. The number of nitrogens with zero attached hydrogens (tertiary/aromatic N) is 1. The molecule has 0 saturated heterocycles. The van der Waals surface area contributed by atoms with Crippen LogP contribution in [0, 0.1) is 11.3 Å². The number of nitriles is 1. The quantitative estimate of drug-likeness (QED) is 0.795. The first-order valence-electron chi connectivity index (χ1n) is 5.56. The van der Waals surface area contributed by atoms with Crippen LogP contribution >= 0.6 is 0 Å². The lowest BCUT2D eigenvalue weighted by Gasteiger charge is -2.13. The van der Waals surface area contributed by atoms with Crippen molar-refractivity contribution < 1.29 is 4.74 Å². The summed E-state index contributed by atoms with van der Waals surface area (Å²) < 4.78 is 5.31. The van der Waals surface area contributed by atoms with Crippen molar-refractivity contribution in [1.29, 1.82) is 5.26 Å². The van der Waals surface area contributed by atoms with Crippen molar-refractivity contribution >= 4 is 0 Å². The summed E-state index contributed by atoms with van der Waals surface area (Å²) >= 11 is 0. The van der Waals surface area contributed by atoms with Crippen LogP contribution in [-0.2, 0) is 11.3 Å². The Kier molecular flexibility index (Phi) is 5.55. The van der Waals surface area contributed by atoms with Crippen LogP contribution in [-0.4, -0.2) is 19.3 Å². The van der Waals surface area contributed by atoms with Crippen LogP contribution in [0.4, 0.5) is 0 Å². The molecule has 0 saturated carbocycles. The molecule has 1 atom stereocenters. The fourth-order valence-corrected chi connectivity index (χ4v) is 1.34. The first kappa shape index (κ1) is 12.7. The van der Waals surface area contributed by atoms with Crippen molar-refractivity contribution in [3.63, 3.8) is 0 Å². The largest absolute Gasteiger partial charge is 0.380 e. The number of hydrogen-bond donors (Lipinski definition) is 1. The zero-order valence-corrected chi connectivity index (χ0v) is 9.86. The van der Waals surface area contributed by atoms with Crippen molar-refractivity contribution in [2.24, 2.45) is 0 Å². The molecule has 0 heterocycles. The Balaban J connectivity index is 2.34. The molecule has 0 aromatic heterocycles. The Bertz CT molecular complexity index is 340. The fraction of sp³-hybridized carbons (Fsp3) is 0.462. The summed E-state index contributed by atoms with van der Waals surface area (Å²) in [6.07, 6.45) is 0. The molecule has 3 nitrogen and oxygen atoms in total. The molecule has 0 radical (unpaired) electrons. The van der Waals surface area contributed by atoms with E-state index in [0.29, 0.717) is 11.6 Å². The molecule has 0 aliphatic carbocycles. The number of rotatable bonds is 6. The van der Waals surface area contributed by atoms with E-state index in [4.69, 9.17) is 10.00 Å². The van der Waals surface area contributed by atoms with Crippen LogP contribution in [0.2, 0.25) is 0 Å². The number of hydrogen-bond acceptors (Lipinski definition) is 3. The second-order valence-corrected chi connectivity index (χ2v) is 3.75. The van der Waals surface area contributed by atoms with E-state index in [-0.39, 0.29) is 0 Å². The predicted octanol–water partition coefficient (Wildman–Crippen LogP) is 2.07. The van der Waals surface area contributed by atoms with E-state index >= 15 is 0 Å². The summed E-state index contributed by atoms with van der Waals surface area (Å²) in [5.41, 5.74) is 1.88. The minimum atomic E-state index is 0.343. The van der Waals surface area contributed by atoms with E-state index < -0.39 is 0 Å². The van der Waals surface area contributed by atoms with Crippen LogP contribution < -0.4 is 5.32 Å². The van der Waals surface area contributed by atoms with Gasteiger partial charge in [-0.25, -0.2) is 0 Å². The molecule has 0 amide bonds. The van der Waals surface area contributed by atoms with Gasteiger partial charge in [0.25, 0.3) is 0 Å². The van der Waals surface area contributed by atoms with Crippen molar-refractivity contribution in [1.82, 2.24) is 5.32 Å². The lowest BCUT2D eigenvalue weighted by atomic mass is 10.1. The van der Waals surface area contributed by atoms with Crippen LogP contribution in [0.25, 0.3) is 0 Å². The Labute approximate surface area is 97.0 Å². The molecule has 1 aromatic carbocycles. The number of nitrogens with one attached hydrogen (secondary N) is 1. The summed E-state index contributed by atoms with van der Waals surface area (Å²) in [6.45, 7) is 6.38. The van der Waals surface area contributed by atoms with Gasteiger partial charge in [-0.1, -0.05) is 12.1 Å². The molecule has 16 heavy (non-hydrogen) atoms. The molecule has 0 fully saturated rings. The molecule has 3 heteroatoms. The zero-order chi connectivity index (χ0) is 11.8. The fourth-order valence-electron chi connectivity index (χ4n) is 1.34. The summed E-state index contributed by atoms with van der Waals surface area (Å²) in [4.78, 5) is 0. The lowest BCUT2D eigenvalue weighted by Crippen LogP contribution is -2.30. The highest BCUT2D eigenvalue weighted by molar-refractivity contribution is 5.31. The van der Waals surface area contributed by atoms with Crippen LogP contribution in [0.15, 0.2) is 24.3 Å². The van der Waals surface area contributed by atoms with Crippen LogP contribution in [0.5, 0.6) is 0 Å². The van der Waals surface area contributed by atoms with E-state index in [1.807, 2.05) is 31.2 Å². The molecule has 1 unspecified atom stereocenters. The van der Waals surface area contributed by atoms with Gasteiger partial charge in [-0.05, 0) is 31.5 Å². The molecule has 86 valence electrons. The molecule has 0 spiro atoms. The molecule has 1 rings (SSSR count). The third-order valence-corrected chi connectivity index (χ3v) is 2.31. The summed E-state index contributed by atoms with van der Waals surface area (Å²) in [7, 11) is 0. The van der Waals surface area contributed by atoms with Crippen molar-refractivity contribution in [3.8, 4) is 6.07 Å². The molecule has 1 N–H and O–H groups in total. The van der Waals surface area contributed by atoms with E-state index in [1.165, 1.54) is 5.56 Å². The molecule has 0 aliphatic heterocycles. The Hall–Kier alpha value is -1.37.